The minimum Gasteiger partial charge on any atom is -0.391 e. The van der Waals surface area contributed by atoms with E-state index in [1.807, 2.05) is 0 Å². The van der Waals surface area contributed by atoms with E-state index in [1.165, 1.54) is 0 Å². The molecular weight excluding hydrogens is 403 g/mol. The Hall–Kier alpha value is 0.0300. The molecule has 4 aliphatic rings. The van der Waals surface area contributed by atoms with Crippen LogP contribution in [0, 0.1) is 34.5 Å². The summed E-state index contributed by atoms with van der Waals surface area (Å²) in [6.45, 7) is 4.35. The van der Waals surface area contributed by atoms with Crippen LogP contribution in [-0.4, -0.2) is 26.7 Å². The van der Waals surface area contributed by atoms with Crippen LogP contribution in [0.5, 0.6) is 0 Å². The van der Waals surface area contributed by atoms with E-state index in [0.717, 1.165) is 32.1 Å². The lowest BCUT2D eigenvalue weighted by Gasteiger charge is -2.58. The molecule has 0 aromatic heterocycles. The van der Waals surface area contributed by atoms with Crippen molar-refractivity contribution in [3.05, 3.63) is 0 Å². The molecule has 0 amide bonds. The van der Waals surface area contributed by atoms with Crippen LogP contribution in [-0.2, 0) is 9.59 Å². The number of Topliss-reactive ketones (excluding diaryl/α,β-unsaturated/α-hetero) is 2. The fraction of sp³-hybridized carbons (Fsp3) is 0.895. The summed E-state index contributed by atoms with van der Waals surface area (Å²) in [5.41, 5.74) is -0.421. The normalized spacial score (nSPS) is 56.0. The molecule has 8 atom stereocenters. The molecule has 0 aromatic rings. The first-order chi connectivity index (χ1) is 10.8. The molecule has 4 heteroatoms. The highest BCUT2D eigenvalue weighted by atomic mass is 127. The lowest BCUT2D eigenvalue weighted by molar-refractivity contribution is -0.166. The highest BCUT2D eigenvalue weighted by Crippen LogP contribution is 2.65. The molecule has 4 fully saturated rings. The highest BCUT2D eigenvalue weighted by Gasteiger charge is 2.65. The van der Waals surface area contributed by atoms with E-state index in [2.05, 4.69) is 36.4 Å². The van der Waals surface area contributed by atoms with Gasteiger partial charge in [0.15, 0.2) is 0 Å². The first kappa shape index (κ1) is 16.5. The number of alkyl halides is 1. The Balaban J connectivity index is 1.75. The predicted molar refractivity (Wildman–Crippen MR) is 96.3 cm³/mol. The smallest absolute Gasteiger partial charge is 0.139 e. The number of carbonyl (C=O) groups is 2. The topological polar surface area (TPSA) is 54.4 Å². The van der Waals surface area contributed by atoms with Gasteiger partial charge in [-0.1, -0.05) is 36.4 Å². The van der Waals surface area contributed by atoms with Gasteiger partial charge in [-0.05, 0) is 55.3 Å². The van der Waals surface area contributed by atoms with E-state index < -0.39 is 0 Å². The molecule has 3 unspecified atom stereocenters. The Labute approximate surface area is 152 Å². The Morgan fingerprint density at radius 3 is 2.65 bits per heavy atom. The van der Waals surface area contributed by atoms with Gasteiger partial charge in [-0.25, -0.2) is 0 Å². The van der Waals surface area contributed by atoms with Crippen LogP contribution in [0.2, 0.25) is 0 Å². The van der Waals surface area contributed by atoms with Gasteiger partial charge in [-0.3, -0.25) is 9.59 Å². The van der Waals surface area contributed by atoms with Crippen molar-refractivity contribution >= 4 is 34.2 Å². The first-order valence-corrected chi connectivity index (χ1v) is 10.4. The quantitative estimate of drug-likeness (QED) is 0.473. The van der Waals surface area contributed by atoms with E-state index in [9.17, 15) is 14.7 Å². The zero-order valence-corrected chi connectivity index (χ0v) is 16.2. The van der Waals surface area contributed by atoms with Crippen molar-refractivity contribution < 1.29 is 14.7 Å². The maximum atomic E-state index is 13.0. The molecule has 0 radical (unpaired) electrons. The third-order valence-electron chi connectivity index (χ3n) is 8.20. The molecule has 1 N–H and O–H groups in total. The minimum absolute atomic E-state index is 0.00599. The number of hydrogen-bond acceptors (Lipinski definition) is 3. The summed E-state index contributed by atoms with van der Waals surface area (Å²) in [5, 5.41) is 10.7. The number of hydrogen-bond donors (Lipinski definition) is 1. The molecule has 4 aliphatic carbocycles. The molecule has 4 rings (SSSR count). The van der Waals surface area contributed by atoms with Crippen molar-refractivity contribution in [2.24, 2.45) is 34.5 Å². The second-order valence-electron chi connectivity index (χ2n) is 8.95. The van der Waals surface area contributed by atoms with Gasteiger partial charge >= 0.3 is 0 Å². The standard InChI is InChI=1S/C19H27IO3/c1-18-7-6-11-16(12(18)9-13(20)17(18)23)14(21)8-10-4-3-5-15(22)19(10,11)2/h10-13,16-17,23H,3-9H2,1-2H3/t10?,11-,12+,13?,16-,17?,18+,19+/m1/s1. The molecule has 0 bridgehead atoms. The van der Waals surface area contributed by atoms with Crippen LogP contribution in [0.15, 0.2) is 0 Å². The Morgan fingerprint density at radius 2 is 1.91 bits per heavy atom. The lowest BCUT2D eigenvalue weighted by atomic mass is 9.44. The van der Waals surface area contributed by atoms with Gasteiger partial charge in [0.1, 0.15) is 11.6 Å². The van der Waals surface area contributed by atoms with Gasteiger partial charge < -0.3 is 5.11 Å². The molecular formula is C19H27IO3. The largest absolute Gasteiger partial charge is 0.391 e. The summed E-state index contributed by atoms with van der Waals surface area (Å²) in [4.78, 5) is 25.9. The molecule has 0 heterocycles. The molecule has 0 aliphatic heterocycles. The molecule has 3 nitrogen and oxygen atoms in total. The first-order valence-electron chi connectivity index (χ1n) is 9.18. The van der Waals surface area contributed by atoms with Gasteiger partial charge in [-0.2, -0.15) is 0 Å². The summed E-state index contributed by atoms with van der Waals surface area (Å²) >= 11 is 2.36. The Kier molecular flexibility index (Phi) is 3.77. The van der Waals surface area contributed by atoms with Crippen molar-refractivity contribution in [3.8, 4) is 0 Å². The zero-order valence-electron chi connectivity index (χ0n) is 14.1. The molecule has 23 heavy (non-hydrogen) atoms. The van der Waals surface area contributed by atoms with E-state index in [4.69, 9.17) is 0 Å². The molecule has 0 aromatic carbocycles. The average molecular weight is 430 g/mol. The number of aliphatic hydroxyl groups is 1. The summed E-state index contributed by atoms with van der Waals surface area (Å²) < 4.78 is 0.238. The summed E-state index contributed by atoms with van der Waals surface area (Å²) in [6.07, 6.45) is 5.80. The van der Waals surface area contributed by atoms with Crippen molar-refractivity contribution in [1.29, 1.82) is 0 Å². The van der Waals surface area contributed by atoms with E-state index >= 15 is 0 Å². The van der Waals surface area contributed by atoms with Crippen molar-refractivity contribution in [2.45, 2.75) is 68.8 Å². The Morgan fingerprint density at radius 1 is 1.17 bits per heavy atom. The zero-order chi connectivity index (χ0) is 16.6. The third-order valence-corrected chi connectivity index (χ3v) is 9.39. The minimum atomic E-state index is -0.311. The molecule has 0 saturated heterocycles. The second kappa shape index (κ2) is 5.26. The van der Waals surface area contributed by atoms with Gasteiger partial charge in [0.25, 0.3) is 0 Å². The van der Waals surface area contributed by atoms with Crippen LogP contribution >= 0.6 is 22.6 Å². The van der Waals surface area contributed by atoms with Crippen LogP contribution in [0.25, 0.3) is 0 Å². The van der Waals surface area contributed by atoms with Gasteiger partial charge in [-0.15, -0.1) is 0 Å². The van der Waals surface area contributed by atoms with Crippen molar-refractivity contribution in [1.82, 2.24) is 0 Å². The second-order valence-corrected chi connectivity index (χ2v) is 10.5. The number of carbonyl (C=O) groups excluding carboxylic acids is 2. The summed E-state index contributed by atoms with van der Waals surface area (Å²) in [5.74, 6) is 1.55. The van der Waals surface area contributed by atoms with E-state index in [-0.39, 0.29) is 44.5 Å². The number of halogens is 1. The highest BCUT2D eigenvalue weighted by molar-refractivity contribution is 14.1. The molecule has 4 saturated carbocycles. The van der Waals surface area contributed by atoms with Crippen LogP contribution in [0.3, 0.4) is 0 Å². The third kappa shape index (κ3) is 2.03. The van der Waals surface area contributed by atoms with Crippen LogP contribution < -0.4 is 0 Å². The van der Waals surface area contributed by atoms with Crippen LogP contribution in [0.4, 0.5) is 0 Å². The number of aliphatic hydroxyl groups excluding tert-OH is 1. The molecule has 128 valence electrons. The number of ketones is 2. The van der Waals surface area contributed by atoms with E-state index in [0.29, 0.717) is 24.4 Å². The monoisotopic (exact) mass is 430 g/mol. The summed E-state index contributed by atoms with van der Waals surface area (Å²) in [6, 6.07) is 0. The summed E-state index contributed by atoms with van der Waals surface area (Å²) in [7, 11) is 0. The predicted octanol–water partition coefficient (Wildman–Crippen LogP) is 3.55. The SMILES string of the molecule is C[C@]12C(=O)CCCC1CC(=O)[C@@H]1[C@H]2CC[C@]2(C)C(O)C(I)C[C@@H]12. The molecule has 0 spiro atoms. The number of fused-ring (bicyclic) bond motifs is 5. The average Bonchev–Trinajstić information content (AvgIpc) is 2.73. The van der Waals surface area contributed by atoms with Gasteiger partial charge in [0.05, 0.1) is 6.10 Å². The van der Waals surface area contributed by atoms with Gasteiger partial charge in [0.2, 0.25) is 0 Å². The lowest BCUT2D eigenvalue weighted by Crippen LogP contribution is -2.59. The fourth-order valence-electron chi connectivity index (χ4n) is 6.72. The van der Waals surface area contributed by atoms with Gasteiger partial charge in [0, 0.05) is 28.1 Å². The number of rotatable bonds is 0. The maximum Gasteiger partial charge on any atom is 0.139 e. The van der Waals surface area contributed by atoms with Crippen molar-refractivity contribution in [3.63, 3.8) is 0 Å². The maximum absolute atomic E-state index is 13.0. The van der Waals surface area contributed by atoms with Crippen LogP contribution in [0.1, 0.15) is 58.8 Å². The Bertz CT molecular complexity index is 561. The fourth-order valence-corrected chi connectivity index (χ4v) is 8.09. The van der Waals surface area contributed by atoms with E-state index in [1.54, 1.807) is 0 Å². The van der Waals surface area contributed by atoms with Crippen molar-refractivity contribution in [2.75, 3.05) is 0 Å².